The average molecular weight is 243 g/mol. The first kappa shape index (κ1) is 12.3. The lowest BCUT2D eigenvalue weighted by Gasteiger charge is -2.12. The molecule has 0 aromatic heterocycles. The molecule has 0 aliphatic rings. The van der Waals surface area contributed by atoms with E-state index < -0.39 is 0 Å². The highest BCUT2D eigenvalue weighted by atomic mass is 16.5. The number of hydrogen-bond acceptors (Lipinski definition) is 3. The van der Waals surface area contributed by atoms with Crippen molar-refractivity contribution in [3.05, 3.63) is 48.5 Å². The number of anilines is 1. The van der Waals surface area contributed by atoms with E-state index >= 15 is 0 Å². The summed E-state index contributed by atoms with van der Waals surface area (Å²) in [5, 5.41) is 3.25. The second-order valence-corrected chi connectivity index (χ2v) is 3.81. The lowest BCUT2D eigenvalue weighted by Crippen LogP contribution is -1.99. The van der Waals surface area contributed by atoms with Gasteiger partial charge in [-0.05, 0) is 31.2 Å². The molecule has 2 aromatic rings. The molecule has 0 saturated carbocycles. The summed E-state index contributed by atoms with van der Waals surface area (Å²) in [5.74, 6) is 2.43. The summed E-state index contributed by atoms with van der Waals surface area (Å²) in [6.07, 6.45) is 0. The predicted molar refractivity (Wildman–Crippen MR) is 73.7 cm³/mol. The maximum atomic E-state index is 5.77. The molecule has 0 unspecified atom stereocenters. The van der Waals surface area contributed by atoms with E-state index in [4.69, 9.17) is 9.47 Å². The molecule has 0 heterocycles. The van der Waals surface area contributed by atoms with E-state index in [9.17, 15) is 0 Å². The summed E-state index contributed by atoms with van der Waals surface area (Å²) in [5.41, 5.74) is 0.938. The molecule has 3 heteroatoms. The molecule has 0 atom stereocenters. The summed E-state index contributed by atoms with van der Waals surface area (Å²) in [7, 11) is 1.66. The van der Waals surface area contributed by atoms with E-state index in [1.807, 2.05) is 55.5 Å². The van der Waals surface area contributed by atoms with E-state index in [0.717, 1.165) is 29.5 Å². The van der Waals surface area contributed by atoms with Crippen molar-refractivity contribution < 1.29 is 9.47 Å². The molecule has 2 rings (SSSR count). The van der Waals surface area contributed by atoms with Crippen LogP contribution in [0.5, 0.6) is 17.2 Å². The molecule has 0 spiro atoms. The Morgan fingerprint density at radius 3 is 2.44 bits per heavy atom. The van der Waals surface area contributed by atoms with Crippen molar-refractivity contribution in [2.24, 2.45) is 0 Å². The first-order valence-corrected chi connectivity index (χ1v) is 5.98. The standard InChI is InChI=1S/C15H17NO2/c1-3-16-14-11-13(9-10-15(14)17-2)18-12-7-5-4-6-8-12/h4-11,16H,3H2,1-2H3. The summed E-state index contributed by atoms with van der Waals surface area (Å²) in [6, 6.07) is 15.5. The smallest absolute Gasteiger partial charge is 0.142 e. The molecule has 0 fully saturated rings. The predicted octanol–water partition coefficient (Wildman–Crippen LogP) is 3.92. The Hall–Kier alpha value is -2.16. The number of para-hydroxylation sites is 1. The van der Waals surface area contributed by atoms with Gasteiger partial charge >= 0.3 is 0 Å². The van der Waals surface area contributed by atoms with Gasteiger partial charge in [-0.25, -0.2) is 0 Å². The minimum atomic E-state index is 0.790. The van der Waals surface area contributed by atoms with Crippen molar-refractivity contribution in [1.82, 2.24) is 0 Å². The molecule has 0 aliphatic carbocycles. The Kier molecular flexibility index (Phi) is 4.07. The van der Waals surface area contributed by atoms with Gasteiger partial charge in [-0.3, -0.25) is 0 Å². The van der Waals surface area contributed by atoms with E-state index in [1.165, 1.54) is 0 Å². The van der Waals surface area contributed by atoms with Gasteiger partial charge in [0.25, 0.3) is 0 Å². The Morgan fingerprint density at radius 1 is 1.00 bits per heavy atom. The van der Waals surface area contributed by atoms with Crippen LogP contribution in [0.15, 0.2) is 48.5 Å². The van der Waals surface area contributed by atoms with Gasteiger partial charge in [0.15, 0.2) is 0 Å². The summed E-state index contributed by atoms with van der Waals surface area (Å²) < 4.78 is 11.1. The summed E-state index contributed by atoms with van der Waals surface area (Å²) >= 11 is 0. The van der Waals surface area contributed by atoms with Crippen molar-refractivity contribution >= 4 is 5.69 Å². The van der Waals surface area contributed by atoms with Crippen LogP contribution >= 0.6 is 0 Å². The molecule has 0 aliphatic heterocycles. The zero-order chi connectivity index (χ0) is 12.8. The van der Waals surface area contributed by atoms with Gasteiger partial charge in [0.2, 0.25) is 0 Å². The van der Waals surface area contributed by atoms with Crippen molar-refractivity contribution in [2.45, 2.75) is 6.92 Å². The fourth-order valence-corrected chi connectivity index (χ4v) is 1.70. The second kappa shape index (κ2) is 5.96. The lowest BCUT2D eigenvalue weighted by molar-refractivity contribution is 0.414. The van der Waals surface area contributed by atoms with E-state index in [2.05, 4.69) is 5.32 Å². The van der Waals surface area contributed by atoms with Crippen molar-refractivity contribution in [1.29, 1.82) is 0 Å². The van der Waals surface area contributed by atoms with Gasteiger partial charge in [-0.2, -0.15) is 0 Å². The molecular formula is C15H17NO2. The fourth-order valence-electron chi connectivity index (χ4n) is 1.70. The van der Waals surface area contributed by atoms with Crippen LogP contribution in [0, 0.1) is 0 Å². The topological polar surface area (TPSA) is 30.5 Å². The lowest BCUT2D eigenvalue weighted by atomic mass is 10.2. The molecule has 0 saturated heterocycles. The van der Waals surface area contributed by atoms with Gasteiger partial charge < -0.3 is 14.8 Å². The third-order valence-corrected chi connectivity index (χ3v) is 2.52. The molecule has 3 nitrogen and oxygen atoms in total. The molecule has 18 heavy (non-hydrogen) atoms. The van der Waals surface area contributed by atoms with E-state index in [0.29, 0.717) is 0 Å². The van der Waals surface area contributed by atoms with Crippen LogP contribution in [0.3, 0.4) is 0 Å². The molecular weight excluding hydrogens is 226 g/mol. The fraction of sp³-hybridized carbons (Fsp3) is 0.200. The Bertz CT molecular complexity index is 497. The molecule has 1 N–H and O–H groups in total. The zero-order valence-corrected chi connectivity index (χ0v) is 10.6. The molecule has 2 aromatic carbocycles. The second-order valence-electron chi connectivity index (χ2n) is 3.81. The third kappa shape index (κ3) is 2.94. The molecule has 0 bridgehead atoms. The number of nitrogens with one attached hydrogen (secondary N) is 1. The van der Waals surface area contributed by atoms with Gasteiger partial charge in [0.05, 0.1) is 12.8 Å². The number of hydrogen-bond donors (Lipinski definition) is 1. The monoisotopic (exact) mass is 243 g/mol. The van der Waals surface area contributed by atoms with E-state index in [-0.39, 0.29) is 0 Å². The normalized spacial score (nSPS) is 9.89. The van der Waals surface area contributed by atoms with Gasteiger partial charge in [-0.1, -0.05) is 18.2 Å². The number of rotatable bonds is 5. The minimum absolute atomic E-state index is 0.790. The van der Waals surface area contributed by atoms with Crippen LogP contribution < -0.4 is 14.8 Å². The minimum Gasteiger partial charge on any atom is -0.495 e. The van der Waals surface area contributed by atoms with Crippen LogP contribution in [0.1, 0.15) is 6.92 Å². The molecule has 0 radical (unpaired) electrons. The number of methoxy groups -OCH3 is 1. The average Bonchev–Trinajstić information content (AvgIpc) is 2.41. The first-order chi connectivity index (χ1) is 8.83. The number of ether oxygens (including phenoxy) is 2. The van der Waals surface area contributed by atoms with Crippen LogP contribution in [0.25, 0.3) is 0 Å². The summed E-state index contributed by atoms with van der Waals surface area (Å²) in [4.78, 5) is 0. The van der Waals surface area contributed by atoms with Crippen LogP contribution in [0.2, 0.25) is 0 Å². The summed E-state index contributed by atoms with van der Waals surface area (Å²) in [6.45, 7) is 2.88. The van der Waals surface area contributed by atoms with Gasteiger partial charge in [0, 0.05) is 12.6 Å². The largest absolute Gasteiger partial charge is 0.495 e. The van der Waals surface area contributed by atoms with Crippen molar-refractivity contribution in [2.75, 3.05) is 19.0 Å². The van der Waals surface area contributed by atoms with Crippen LogP contribution in [-0.2, 0) is 0 Å². The van der Waals surface area contributed by atoms with Crippen molar-refractivity contribution in [3.8, 4) is 17.2 Å². The third-order valence-electron chi connectivity index (χ3n) is 2.52. The SMILES string of the molecule is CCNc1cc(Oc2ccccc2)ccc1OC. The van der Waals surface area contributed by atoms with Gasteiger partial charge in [-0.15, -0.1) is 0 Å². The maximum absolute atomic E-state index is 5.77. The molecule has 0 amide bonds. The Balaban J connectivity index is 2.21. The first-order valence-electron chi connectivity index (χ1n) is 5.98. The van der Waals surface area contributed by atoms with E-state index in [1.54, 1.807) is 7.11 Å². The highest BCUT2D eigenvalue weighted by Gasteiger charge is 2.04. The molecule has 94 valence electrons. The number of benzene rings is 2. The highest BCUT2D eigenvalue weighted by Crippen LogP contribution is 2.31. The van der Waals surface area contributed by atoms with Crippen LogP contribution in [0.4, 0.5) is 5.69 Å². The zero-order valence-electron chi connectivity index (χ0n) is 10.6. The quantitative estimate of drug-likeness (QED) is 0.863. The van der Waals surface area contributed by atoms with Crippen LogP contribution in [-0.4, -0.2) is 13.7 Å². The Labute approximate surface area is 107 Å². The van der Waals surface area contributed by atoms with Gasteiger partial charge in [0.1, 0.15) is 17.2 Å². The highest BCUT2D eigenvalue weighted by molar-refractivity contribution is 5.60. The maximum Gasteiger partial charge on any atom is 0.142 e. The Morgan fingerprint density at radius 2 is 1.78 bits per heavy atom. The van der Waals surface area contributed by atoms with Crippen molar-refractivity contribution in [3.63, 3.8) is 0 Å².